The lowest BCUT2D eigenvalue weighted by atomic mass is 10.0. The molecule has 0 spiro atoms. The van der Waals surface area contributed by atoms with Gasteiger partial charge >= 0.3 is 0 Å². The molecule has 1 atom stereocenters. The van der Waals surface area contributed by atoms with Crippen LogP contribution < -0.4 is 9.47 Å². The molecule has 1 aliphatic heterocycles. The first kappa shape index (κ1) is 19.6. The topological polar surface area (TPSA) is 42.0 Å². The molecule has 1 fully saturated rings. The van der Waals surface area contributed by atoms with Crippen molar-refractivity contribution in [1.29, 1.82) is 0 Å². The number of hydrogen-bond donors (Lipinski definition) is 0. The van der Waals surface area contributed by atoms with Crippen molar-refractivity contribution in [3.63, 3.8) is 0 Å². The molecule has 2 rings (SSSR count). The molecule has 1 heterocycles. The number of benzene rings is 1. The van der Waals surface area contributed by atoms with E-state index in [1.54, 1.807) is 14.2 Å². The van der Waals surface area contributed by atoms with Gasteiger partial charge in [0.2, 0.25) is 5.91 Å². The molecule has 5 heteroatoms. The van der Waals surface area contributed by atoms with Crippen LogP contribution in [-0.2, 0) is 4.79 Å². The lowest BCUT2D eigenvalue weighted by molar-refractivity contribution is -0.132. The third-order valence-electron chi connectivity index (χ3n) is 4.83. The van der Waals surface area contributed by atoms with Gasteiger partial charge in [-0.05, 0) is 49.9 Å². The van der Waals surface area contributed by atoms with E-state index in [0.717, 1.165) is 56.8 Å². The molecule has 1 aliphatic rings. The monoisotopic (exact) mass is 348 g/mol. The molecule has 1 saturated heterocycles. The van der Waals surface area contributed by atoms with E-state index < -0.39 is 0 Å². The number of carbonyl (C=O) groups is 1. The van der Waals surface area contributed by atoms with Crippen LogP contribution in [0, 0.1) is 0 Å². The summed E-state index contributed by atoms with van der Waals surface area (Å²) in [4.78, 5) is 17.0. The van der Waals surface area contributed by atoms with Crippen LogP contribution in [0.25, 0.3) is 0 Å². The Kier molecular flexibility index (Phi) is 7.56. The molecule has 140 valence electrons. The summed E-state index contributed by atoms with van der Waals surface area (Å²) in [7, 11) is 3.30. The number of ether oxygens (including phenoxy) is 2. The number of methoxy groups -OCH3 is 2. The van der Waals surface area contributed by atoms with Gasteiger partial charge in [-0.3, -0.25) is 9.69 Å². The molecular formula is C20H32N2O3. The van der Waals surface area contributed by atoms with Crippen LogP contribution in [0.1, 0.15) is 51.1 Å². The molecule has 1 amide bonds. The Morgan fingerprint density at radius 3 is 2.44 bits per heavy atom. The Balaban J connectivity index is 2.10. The van der Waals surface area contributed by atoms with Crippen molar-refractivity contribution in [2.24, 2.45) is 0 Å². The Morgan fingerprint density at radius 1 is 1.16 bits per heavy atom. The molecule has 1 aromatic rings. The predicted octanol–water partition coefficient (Wildman–Crippen LogP) is 3.49. The first-order valence-corrected chi connectivity index (χ1v) is 9.38. The number of likely N-dealkylation sites (tertiary alicyclic amines) is 1. The standard InChI is InChI=1S/C20H32N2O3/c1-5-11-21(12-6-2)20(23)15-22-13-7-8-17(22)16-9-10-18(24-3)19(14-16)25-4/h9-10,14,17H,5-8,11-13,15H2,1-4H3. The van der Waals surface area contributed by atoms with Crippen LogP contribution in [-0.4, -0.2) is 56.1 Å². The Hall–Kier alpha value is -1.75. The zero-order valence-electron chi connectivity index (χ0n) is 16.1. The molecule has 5 nitrogen and oxygen atoms in total. The maximum absolute atomic E-state index is 12.7. The van der Waals surface area contributed by atoms with Crippen LogP contribution >= 0.6 is 0 Å². The van der Waals surface area contributed by atoms with Gasteiger partial charge in [-0.2, -0.15) is 0 Å². The number of hydrogen-bond acceptors (Lipinski definition) is 4. The summed E-state index contributed by atoms with van der Waals surface area (Å²) < 4.78 is 10.8. The average molecular weight is 348 g/mol. The third-order valence-corrected chi connectivity index (χ3v) is 4.83. The lowest BCUT2D eigenvalue weighted by Gasteiger charge is -2.28. The molecule has 0 aromatic heterocycles. The maximum Gasteiger partial charge on any atom is 0.236 e. The van der Waals surface area contributed by atoms with Crippen molar-refractivity contribution in [2.75, 3.05) is 40.4 Å². The molecule has 25 heavy (non-hydrogen) atoms. The van der Waals surface area contributed by atoms with Crippen molar-refractivity contribution >= 4 is 5.91 Å². The highest BCUT2D eigenvalue weighted by Crippen LogP contribution is 2.36. The highest BCUT2D eigenvalue weighted by Gasteiger charge is 2.29. The zero-order valence-corrected chi connectivity index (χ0v) is 16.1. The summed E-state index contributed by atoms with van der Waals surface area (Å²) in [6.07, 6.45) is 4.20. The van der Waals surface area contributed by atoms with E-state index in [-0.39, 0.29) is 11.9 Å². The van der Waals surface area contributed by atoms with E-state index in [4.69, 9.17) is 9.47 Å². The van der Waals surface area contributed by atoms with E-state index in [1.807, 2.05) is 17.0 Å². The lowest BCUT2D eigenvalue weighted by Crippen LogP contribution is -2.41. The fourth-order valence-corrected chi connectivity index (χ4v) is 3.63. The number of rotatable bonds is 9. The summed E-state index contributed by atoms with van der Waals surface area (Å²) in [5.41, 5.74) is 1.19. The molecule has 0 bridgehead atoms. The van der Waals surface area contributed by atoms with Gasteiger partial charge in [-0.1, -0.05) is 19.9 Å². The summed E-state index contributed by atoms with van der Waals surface area (Å²) in [6, 6.07) is 6.36. The zero-order chi connectivity index (χ0) is 18.2. The van der Waals surface area contributed by atoms with Crippen LogP contribution in [0.5, 0.6) is 11.5 Å². The van der Waals surface area contributed by atoms with Gasteiger partial charge < -0.3 is 14.4 Å². The van der Waals surface area contributed by atoms with Crippen molar-refractivity contribution in [2.45, 2.75) is 45.6 Å². The highest BCUT2D eigenvalue weighted by molar-refractivity contribution is 5.78. The molecule has 0 N–H and O–H groups in total. The minimum absolute atomic E-state index is 0.246. The van der Waals surface area contributed by atoms with Gasteiger partial charge in [0.1, 0.15) is 0 Å². The normalized spacial score (nSPS) is 17.5. The Morgan fingerprint density at radius 2 is 1.84 bits per heavy atom. The molecule has 0 radical (unpaired) electrons. The van der Waals surface area contributed by atoms with Gasteiger partial charge in [0, 0.05) is 19.1 Å². The van der Waals surface area contributed by atoms with Crippen LogP contribution in [0.15, 0.2) is 18.2 Å². The van der Waals surface area contributed by atoms with E-state index in [9.17, 15) is 4.79 Å². The summed E-state index contributed by atoms with van der Waals surface area (Å²) in [5.74, 6) is 1.73. The second-order valence-electron chi connectivity index (χ2n) is 6.62. The van der Waals surface area contributed by atoms with E-state index >= 15 is 0 Å². The minimum atomic E-state index is 0.246. The van der Waals surface area contributed by atoms with Crippen LogP contribution in [0.2, 0.25) is 0 Å². The smallest absolute Gasteiger partial charge is 0.236 e. The molecular weight excluding hydrogens is 316 g/mol. The molecule has 1 aromatic carbocycles. The van der Waals surface area contributed by atoms with E-state index in [0.29, 0.717) is 6.54 Å². The van der Waals surface area contributed by atoms with E-state index in [1.165, 1.54) is 5.56 Å². The second-order valence-corrected chi connectivity index (χ2v) is 6.62. The number of nitrogens with zero attached hydrogens (tertiary/aromatic N) is 2. The van der Waals surface area contributed by atoms with Crippen molar-refractivity contribution in [3.8, 4) is 11.5 Å². The minimum Gasteiger partial charge on any atom is -0.493 e. The average Bonchev–Trinajstić information content (AvgIpc) is 3.08. The molecule has 0 saturated carbocycles. The van der Waals surface area contributed by atoms with Crippen molar-refractivity contribution < 1.29 is 14.3 Å². The highest BCUT2D eigenvalue weighted by atomic mass is 16.5. The first-order chi connectivity index (χ1) is 12.1. The summed E-state index contributed by atoms with van der Waals surface area (Å²) in [5, 5.41) is 0. The largest absolute Gasteiger partial charge is 0.493 e. The quantitative estimate of drug-likeness (QED) is 0.685. The molecule has 1 unspecified atom stereocenters. The maximum atomic E-state index is 12.7. The second kappa shape index (κ2) is 9.66. The first-order valence-electron chi connectivity index (χ1n) is 9.38. The SMILES string of the molecule is CCCN(CCC)C(=O)CN1CCCC1c1ccc(OC)c(OC)c1. The van der Waals surface area contributed by atoms with E-state index in [2.05, 4.69) is 24.8 Å². The third kappa shape index (κ3) is 4.88. The Bertz CT molecular complexity index is 556. The van der Waals surface area contributed by atoms with Crippen LogP contribution in [0.4, 0.5) is 0 Å². The Labute approximate surface area is 151 Å². The number of carbonyl (C=O) groups excluding carboxylic acids is 1. The fourth-order valence-electron chi connectivity index (χ4n) is 3.63. The predicted molar refractivity (Wildman–Crippen MR) is 100 cm³/mol. The summed E-state index contributed by atoms with van der Waals surface area (Å²) >= 11 is 0. The van der Waals surface area contributed by atoms with Crippen molar-refractivity contribution in [3.05, 3.63) is 23.8 Å². The van der Waals surface area contributed by atoms with Crippen LogP contribution in [0.3, 0.4) is 0 Å². The van der Waals surface area contributed by atoms with Gasteiger partial charge in [0.15, 0.2) is 11.5 Å². The molecule has 0 aliphatic carbocycles. The van der Waals surface area contributed by atoms with Gasteiger partial charge in [-0.15, -0.1) is 0 Å². The van der Waals surface area contributed by atoms with Gasteiger partial charge in [0.25, 0.3) is 0 Å². The van der Waals surface area contributed by atoms with Gasteiger partial charge in [-0.25, -0.2) is 0 Å². The van der Waals surface area contributed by atoms with Crippen molar-refractivity contribution in [1.82, 2.24) is 9.80 Å². The summed E-state index contributed by atoms with van der Waals surface area (Å²) in [6.45, 7) is 7.41. The van der Waals surface area contributed by atoms with Gasteiger partial charge in [0.05, 0.1) is 20.8 Å². The fraction of sp³-hybridized carbons (Fsp3) is 0.650. The number of amides is 1.